The van der Waals surface area contributed by atoms with Crippen LogP contribution in [0.5, 0.6) is 0 Å². The molecule has 0 aromatic carbocycles. The summed E-state index contributed by atoms with van der Waals surface area (Å²) in [7, 11) is 3.66. The van der Waals surface area contributed by atoms with Crippen LogP contribution >= 0.6 is 21.6 Å². The maximum absolute atomic E-state index is 10.9. The summed E-state index contributed by atoms with van der Waals surface area (Å²) < 4.78 is 0.167. The number of carbonyl (C=O) groups excluding carboxylic acids is 1. The van der Waals surface area contributed by atoms with Gasteiger partial charge in [0, 0.05) is 16.9 Å². The third-order valence-corrected chi connectivity index (χ3v) is 5.29. The van der Waals surface area contributed by atoms with Gasteiger partial charge in [-0.05, 0) is 33.6 Å². The van der Waals surface area contributed by atoms with Gasteiger partial charge in [0.1, 0.15) is 5.78 Å². The maximum Gasteiger partial charge on any atom is 0.129 e. The Hall–Kier alpha value is 0.290. The molecule has 0 saturated carbocycles. The summed E-state index contributed by atoms with van der Waals surface area (Å²) in [6, 6.07) is 0. The van der Waals surface area contributed by atoms with E-state index >= 15 is 0 Å². The van der Waals surface area contributed by atoms with Crippen LogP contribution in [0.25, 0.3) is 0 Å². The van der Waals surface area contributed by atoms with Crippen LogP contribution in [0.4, 0.5) is 0 Å². The van der Waals surface area contributed by atoms with E-state index in [1.54, 1.807) is 6.92 Å². The lowest BCUT2D eigenvalue weighted by Gasteiger charge is -2.22. The zero-order valence-corrected chi connectivity index (χ0v) is 11.4. The number of hydrogen-bond donors (Lipinski definition) is 1. The Bertz CT molecular complexity index is 186. The van der Waals surface area contributed by atoms with Crippen molar-refractivity contribution in [1.82, 2.24) is 0 Å². The molecule has 0 aromatic heterocycles. The molecule has 0 atom stereocenters. The van der Waals surface area contributed by atoms with Gasteiger partial charge in [0.15, 0.2) is 0 Å². The molecule has 0 radical (unpaired) electrons. The molecule has 15 heavy (non-hydrogen) atoms. The topological polar surface area (TPSA) is 52.3 Å². The molecule has 3 nitrogen and oxygen atoms in total. The van der Waals surface area contributed by atoms with Crippen molar-refractivity contribution in [3.63, 3.8) is 0 Å². The van der Waals surface area contributed by atoms with Crippen LogP contribution in [-0.2, 0) is 9.63 Å². The minimum atomic E-state index is 0.167. The van der Waals surface area contributed by atoms with E-state index in [1.807, 2.05) is 21.6 Å². The Kier molecular flexibility index (Phi) is 8.61. The highest BCUT2D eigenvalue weighted by Crippen LogP contribution is 2.38. The molecule has 0 aliphatic carbocycles. The van der Waals surface area contributed by atoms with E-state index in [1.165, 1.54) is 0 Å². The second kappa shape index (κ2) is 8.44. The molecule has 2 N–H and O–H groups in total. The third-order valence-electron chi connectivity index (χ3n) is 1.85. The molecule has 0 aliphatic rings. The predicted octanol–water partition coefficient (Wildman–Crippen LogP) is 2.80. The van der Waals surface area contributed by atoms with E-state index in [9.17, 15) is 4.79 Å². The fraction of sp³-hybridized carbons (Fsp3) is 0.900. The Labute approximate surface area is 100 Å². The summed E-state index contributed by atoms with van der Waals surface area (Å²) in [5.74, 6) is 6.23. The van der Waals surface area contributed by atoms with Gasteiger partial charge in [0.25, 0.3) is 0 Å². The summed E-state index contributed by atoms with van der Waals surface area (Å²) >= 11 is 0. The molecule has 0 unspecified atom stereocenters. The van der Waals surface area contributed by atoms with Gasteiger partial charge in [-0.3, -0.25) is 0 Å². The quantitative estimate of drug-likeness (QED) is 0.388. The molecular weight excluding hydrogens is 230 g/mol. The molecule has 0 saturated heterocycles. The second-order valence-corrected chi connectivity index (χ2v) is 7.21. The first kappa shape index (κ1) is 15.3. The van der Waals surface area contributed by atoms with E-state index in [0.717, 1.165) is 18.6 Å². The minimum absolute atomic E-state index is 0.167. The lowest BCUT2D eigenvalue weighted by atomic mass is 10.1. The summed E-state index contributed by atoms with van der Waals surface area (Å²) in [6.07, 6.45) is 2.58. The molecule has 0 heterocycles. The summed E-state index contributed by atoms with van der Waals surface area (Å²) in [6.45, 7) is 6.61. The number of Topliss-reactive ketones (excluding diaryl/α,β-unsaturated/α-hetero) is 1. The Morgan fingerprint density at radius 2 is 2.13 bits per heavy atom. The van der Waals surface area contributed by atoms with Gasteiger partial charge < -0.3 is 9.63 Å². The van der Waals surface area contributed by atoms with Gasteiger partial charge in [-0.1, -0.05) is 21.6 Å². The van der Waals surface area contributed by atoms with Crippen LogP contribution < -0.4 is 5.90 Å². The highest BCUT2D eigenvalue weighted by Gasteiger charge is 2.19. The van der Waals surface area contributed by atoms with Crippen LogP contribution in [0, 0.1) is 0 Å². The third kappa shape index (κ3) is 10.6. The van der Waals surface area contributed by atoms with Crippen molar-refractivity contribution in [2.75, 3.05) is 12.4 Å². The zero-order valence-electron chi connectivity index (χ0n) is 9.75. The van der Waals surface area contributed by atoms with Gasteiger partial charge in [0.2, 0.25) is 0 Å². The van der Waals surface area contributed by atoms with Gasteiger partial charge >= 0.3 is 0 Å². The average Bonchev–Trinajstić information content (AvgIpc) is 2.15. The molecule has 0 aromatic rings. The monoisotopic (exact) mass is 251 g/mol. The molecule has 0 fully saturated rings. The number of rotatable bonds is 9. The van der Waals surface area contributed by atoms with Crippen LogP contribution in [0.1, 0.15) is 40.0 Å². The highest BCUT2D eigenvalue weighted by atomic mass is 33.1. The first-order chi connectivity index (χ1) is 6.98. The van der Waals surface area contributed by atoms with Crippen molar-refractivity contribution < 1.29 is 9.63 Å². The smallest absolute Gasteiger partial charge is 0.129 e. The molecule has 0 spiro atoms. The Morgan fingerprint density at radius 3 is 2.67 bits per heavy atom. The van der Waals surface area contributed by atoms with Gasteiger partial charge in [-0.15, -0.1) is 0 Å². The molecule has 0 aliphatic heterocycles. The van der Waals surface area contributed by atoms with Crippen LogP contribution in [0.15, 0.2) is 0 Å². The van der Waals surface area contributed by atoms with Crippen molar-refractivity contribution in [1.29, 1.82) is 0 Å². The van der Waals surface area contributed by atoms with Crippen molar-refractivity contribution in [2.45, 2.75) is 44.8 Å². The van der Waals surface area contributed by atoms with Crippen LogP contribution in [-0.4, -0.2) is 22.9 Å². The zero-order chi connectivity index (χ0) is 11.7. The highest BCUT2D eigenvalue weighted by molar-refractivity contribution is 8.77. The summed E-state index contributed by atoms with van der Waals surface area (Å²) in [4.78, 5) is 15.3. The molecular formula is C10H21NO2S2. The molecule has 5 heteroatoms. The fourth-order valence-corrected chi connectivity index (χ4v) is 3.56. The van der Waals surface area contributed by atoms with Crippen molar-refractivity contribution in [2.24, 2.45) is 5.90 Å². The second-order valence-electron chi connectivity index (χ2n) is 4.09. The normalized spacial score (nSPS) is 11.7. The minimum Gasteiger partial charge on any atom is -0.305 e. The van der Waals surface area contributed by atoms with Crippen molar-refractivity contribution in [3.05, 3.63) is 0 Å². The molecule has 0 amide bonds. The molecule has 90 valence electrons. The van der Waals surface area contributed by atoms with Crippen molar-refractivity contribution in [3.8, 4) is 0 Å². The number of hydrogen-bond acceptors (Lipinski definition) is 5. The van der Waals surface area contributed by atoms with E-state index in [0.29, 0.717) is 13.0 Å². The van der Waals surface area contributed by atoms with Gasteiger partial charge in [0.05, 0.1) is 6.61 Å². The maximum atomic E-state index is 10.9. The largest absolute Gasteiger partial charge is 0.305 e. The number of nitrogens with two attached hydrogens (primary N) is 1. The van der Waals surface area contributed by atoms with E-state index < -0.39 is 0 Å². The lowest BCUT2D eigenvalue weighted by Crippen LogP contribution is -2.14. The molecule has 0 rings (SSSR count). The standard InChI is InChI=1S/C10H21NO2S2/c1-9(12)5-6-10(2,3)15-14-8-4-7-13-11/h4-8,11H2,1-3H3. The lowest BCUT2D eigenvalue weighted by molar-refractivity contribution is -0.117. The Morgan fingerprint density at radius 1 is 1.47 bits per heavy atom. The van der Waals surface area contributed by atoms with Crippen molar-refractivity contribution >= 4 is 27.4 Å². The Balaban J connectivity index is 3.50. The summed E-state index contributed by atoms with van der Waals surface area (Å²) in [5, 5.41) is 0. The van der Waals surface area contributed by atoms with Crippen LogP contribution in [0.3, 0.4) is 0 Å². The number of carbonyl (C=O) groups is 1. The van der Waals surface area contributed by atoms with Gasteiger partial charge in [-0.25, -0.2) is 5.90 Å². The van der Waals surface area contributed by atoms with E-state index in [-0.39, 0.29) is 10.5 Å². The first-order valence-corrected chi connectivity index (χ1v) is 7.41. The van der Waals surface area contributed by atoms with E-state index in [4.69, 9.17) is 5.90 Å². The molecule has 0 bridgehead atoms. The van der Waals surface area contributed by atoms with E-state index in [2.05, 4.69) is 18.7 Å². The number of ketones is 1. The van der Waals surface area contributed by atoms with Crippen LogP contribution in [0.2, 0.25) is 0 Å². The average molecular weight is 251 g/mol. The first-order valence-electron chi connectivity index (χ1n) is 5.10. The SMILES string of the molecule is CC(=O)CCC(C)(C)SSCCCON. The summed E-state index contributed by atoms with van der Waals surface area (Å²) in [5.41, 5.74) is 0. The van der Waals surface area contributed by atoms with Gasteiger partial charge in [-0.2, -0.15) is 0 Å². The fourth-order valence-electron chi connectivity index (χ4n) is 0.921. The predicted molar refractivity (Wildman–Crippen MR) is 68.8 cm³/mol.